The lowest BCUT2D eigenvalue weighted by Gasteiger charge is -2.28. The van der Waals surface area contributed by atoms with Crippen molar-refractivity contribution < 1.29 is 9.53 Å². The third-order valence-electron chi connectivity index (χ3n) is 5.81. The van der Waals surface area contributed by atoms with Gasteiger partial charge in [-0.25, -0.2) is 4.98 Å². The quantitative estimate of drug-likeness (QED) is 0.728. The van der Waals surface area contributed by atoms with Gasteiger partial charge in [-0.1, -0.05) is 12.1 Å². The molecule has 3 aromatic rings. The highest BCUT2D eigenvalue weighted by molar-refractivity contribution is 5.86. The number of H-pyrrole nitrogens is 1. The minimum absolute atomic E-state index is 0.116. The van der Waals surface area contributed by atoms with Crippen molar-refractivity contribution in [3.05, 3.63) is 47.8 Å². The highest BCUT2D eigenvalue weighted by Crippen LogP contribution is 2.31. The second kappa shape index (κ2) is 7.48. The lowest BCUT2D eigenvalue weighted by molar-refractivity contribution is -0.137. The van der Waals surface area contributed by atoms with Crippen molar-refractivity contribution in [2.75, 3.05) is 19.7 Å². The van der Waals surface area contributed by atoms with Crippen molar-refractivity contribution in [1.29, 1.82) is 0 Å². The fourth-order valence-corrected chi connectivity index (χ4v) is 4.27. The number of hydrogen-bond acceptors (Lipinski definition) is 5. The van der Waals surface area contributed by atoms with Gasteiger partial charge < -0.3 is 14.6 Å². The predicted molar refractivity (Wildman–Crippen MR) is 116 cm³/mol. The summed E-state index contributed by atoms with van der Waals surface area (Å²) in [6, 6.07) is 12.2. The van der Waals surface area contributed by atoms with E-state index in [1.165, 1.54) is 0 Å². The van der Waals surface area contributed by atoms with Gasteiger partial charge in [0.05, 0.1) is 17.6 Å². The number of nitrogens with one attached hydrogen (secondary N) is 1. The first-order valence-electron chi connectivity index (χ1n) is 10.4. The number of amides is 1. The van der Waals surface area contributed by atoms with Crippen LogP contribution in [0.15, 0.2) is 41.5 Å². The summed E-state index contributed by atoms with van der Waals surface area (Å²) in [6.45, 7) is 6.33. The van der Waals surface area contributed by atoms with Gasteiger partial charge in [-0.15, -0.1) is 0 Å². The average molecular weight is 403 g/mol. The monoisotopic (exact) mass is 403 g/mol. The smallest absolute Gasteiger partial charge is 0.247 e. The number of aryl methyl sites for hydroxylation is 1. The Bertz CT molecular complexity index is 1140. The summed E-state index contributed by atoms with van der Waals surface area (Å²) in [5.41, 5.74) is 5.22. The van der Waals surface area contributed by atoms with Gasteiger partial charge in [0.15, 0.2) is 0 Å². The molecular formula is C23H25N5O2. The van der Waals surface area contributed by atoms with E-state index in [1.54, 1.807) is 0 Å². The van der Waals surface area contributed by atoms with Crippen LogP contribution in [0.1, 0.15) is 24.7 Å². The molecule has 154 valence electrons. The van der Waals surface area contributed by atoms with E-state index in [4.69, 9.17) is 4.74 Å². The standard InChI is InChI=1S/C23H25N5O2/c1-3-28-21(8-9-24-28)23(29)27-10-11-30-22-7-5-16(12-18(22)14-27)17-4-6-19-20(13-17)26-15(2)25-19/h4-7,9,12-13,21H,3,8,10-11,14H2,1-2H3,(H,25,26). The molecule has 0 bridgehead atoms. The Balaban J connectivity index is 1.43. The fraction of sp³-hybridized carbons (Fsp3) is 0.348. The molecule has 1 atom stereocenters. The second-order valence-electron chi connectivity index (χ2n) is 7.79. The molecular weight excluding hydrogens is 378 g/mol. The molecule has 3 heterocycles. The molecule has 0 fully saturated rings. The number of hydrogen-bond donors (Lipinski definition) is 1. The molecule has 7 heteroatoms. The Morgan fingerprint density at radius 2 is 2.07 bits per heavy atom. The van der Waals surface area contributed by atoms with Gasteiger partial charge in [0.2, 0.25) is 5.91 Å². The van der Waals surface area contributed by atoms with Crippen LogP contribution in [0.3, 0.4) is 0 Å². The van der Waals surface area contributed by atoms with Gasteiger partial charge in [0.1, 0.15) is 24.2 Å². The van der Waals surface area contributed by atoms with Crippen LogP contribution < -0.4 is 4.74 Å². The number of aromatic nitrogens is 2. The summed E-state index contributed by atoms with van der Waals surface area (Å²) >= 11 is 0. The Kier molecular flexibility index (Phi) is 4.65. The molecule has 2 aromatic carbocycles. The van der Waals surface area contributed by atoms with Crippen molar-refractivity contribution in [3.63, 3.8) is 0 Å². The van der Waals surface area contributed by atoms with E-state index in [-0.39, 0.29) is 11.9 Å². The van der Waals surface area contributed by atoms with Crippen molar-refractivity contribution in [3.8, 4) is 16.9 Å². The molecule has 0 saturated heterocycles. The summed E-state index contributed by atoms with van der Waals surface area (Å²) in [7, 11) is 0. The van der Waals surface area contributed by atoms with Gasteiger partial charge in [0.25, 0.3) is 0 Å². The number of likely N-dealkylation sites (N-methyl/N-ethyl adjacent to an activating group) is 1. The third kappa shape index (κ3) is 3.30. The number of imidazole rings is 1. The number of carbonyl (C=O) groups is 1. The van der Waals surface area contributed by atoms with Crippen LogP contribution in [0.5, 0.6) is 5.75 Å². The van der Waals surface area contributed by atoms with Crippen LogP contribution in [0.4, 0.5) is 0 Å². The van der Waals surface area contributed by atoms with Crippen LogP contribution >= 0.6 is 0 Å². The van der Waals surface area contributed by atoms with E-state index in [1.807, 2.05) is 42.1 Å². The summed E-state index contributed by atoms with van der Waals surface area (Å²) in [4.78, 5) is 22.9. The van der Waals surface area contributed by atoms with Crippen LogP contribution in [0.25, 0.3) is 22.2 Å². The Morgan fingerprint density at radius 1 is 1.23 bits per heavy atom. The average Bonchev–Trinajstić information content (AvgIpc) is 3.31. The van der Waals surface area contributed by atoms with Gasteiger partial charge >= 0.3 is 0 Å². The molecule has 2 aliphatic heterocycles. The predicted octanol–water partition coefficient (Wildman–Crippen LogP) is 3.34. The van der Waals surface area contributed by atoms with Crippen molar-refractivity contribution in [2.45, 2.75) is 32.9 Å². The highest BCUT2D eigenvalue weighted by atomic mass is 16.5. The van der Waals surface area contributed by atoms with Crippen LogP contribution in [0, 0.1) is 6.92 Å². The first-order valence-corrected chi connectivity index (χ1v) is 10.4. The second-order valence-corrected chi connectivity index (χ2v) is 7.79. The first kappa shape index (κ1) is 18.7. The molecule has 0 radical (unpaired) electrons. The van der Waals surface area contributed by atoms with Gasteiger partial charge in [0, 0.05) is 31.3 Å². The first-order chi connectivity index (χ1) is 14.6. The zero-order valence-corrected chi connectivity index (χ0v) is 17.3. The van der Waals surface area contributed by atoms with E-state index in [9.17, 15) is 4.79 Å². The maximum atomic E-state index is 13.2. The van der Waals surface area contributed by atoms with E-state index < -0.39 is 0 Å². The van der Waals surface area contributed by atoms with E-state index in [0.29, 0.717) is 26.1 Å². The number of nitrogens with zero attached hydrogens (tertiary/aromatic N) is 4. The Labute approximate surface area is 175 Å². The van der Waals surface area contributed by atoms with Gasteiger partial charge in [-0.2, -0.15) is 5.10 Å². The molecule has 0 saturated carbocycles. The fourth-order valence-electron chi connectivity index (χ4n) is 4.27. The minimum Gasteiger partial charge on any atom is -0.491 e. The molecule has 1 N–H and O–H groups in total. The van der Waals surface area contributed by atoms with Crippen molar-refractivity contribution in [1.82, 2.24) is 19.9 Å². The van der Waals surface area contributed by atoms with Gasteiger partial charge in [-0.3, -0.25) is 9.80 Å². The largest absolute Gasteiger partial charge is 0.491 e. The zero-order chi connectivity index (χ0) is 20.7. The van der Waals surface area contributed by atoms with Crippen LogP contribution in [0.2, 0.25) is 0 Å². The number of rotatable bonds is 3. The highest BCUT2D eigenvalue weighted by Gasteiger charge is 2.32. The number of aromatic amines is 1. The summed E-state index contributed by atoms with van der Waals surface area (Å²) in [5.74, 6) is 1.87. The number of hydrazone groups is 1. The maximum Gasteiger partial charge on any atom is 0.247 e. The SMILES string of the molecule is CCN1N=CCC1C(=O)N1CCOc2ccc(-c3ccc4nc(C)[nH]c4c3)cc2C1. The molecule has 0 spiro atoms. The third-order valence-corrected chi connectivity index (χ3v) is 5.81. The molecule has 1 aromatic heterocycles. The molecule has 5 rings (SSSR count). The van der Waals surface area contributed by atoms with Crippen LogP contribution in [-0.2, 0) is 11.3 Å². The van der Waals surface area contributed by atoms with Crippen LogP contribution in [-0.4, -0.2) is 57.7 Å². The molecule has 7 nitrogen and oxygen atoms in total. The summed E-state index contributed by atoms with van der Waals surface area (Å²) in [5, 5.41) is 6.19. The Morgan fingerprint density at radius 3 is 2.93 bits per heavy atom. The summed E-state index contributed by atoms with van der Waals surface area (Å²) < 4.78 is 5.95. The van der Waals surface area contributed by atoms with E-state index in [2.05, 4.69) is 39.3 Å². The lowest BCUT2D eigenvalue weighted by Crippen LogP contribution is -2.45. The van der Waals surface area contributed by atoms with Crippen molar-refractivity contribution >= 4 is 23.2 Å². The number of ether oxygens (including phenoxy) is 1. The molecule has 30 heavy (non-hydrogen) atoms. The normalized spacial score (nSPS) is 18.4. The topological polar surface area (TPSA) is 73.8 Å². The van der Waals surface area contributed by atoms with Crippen molar-refractivity contribution in [2.24, 2.45) is 5.10 Å². The zero-order valence-electron chi connectivity index (χ0n) is 17.3. The molecule has 2 aliphatic rings. The lowest BCUT2D eigenvalue weighted by atomic mass is 10.0. The van der Waals surface area contributed by atoms with Gasteiger partial charge in [-0.05, 0) is 49.2 Å². The number of fused-ring (bicyclic) bond motifs is 2. The van der Waals surface area contributed by atoms with E-state index >= 15 is 0 Å². The molecule has 0 aliphatic carbocycles. The van der Waals surface area contributed by atoms with E-state index in [0.717, 1.165) is 45.8 Å². The molecule has 1 unspecified atom stereocenters. The number of carbonyl (C=O) groups excluding carboxylic acids is 1. The summed E-state index contributed by atoms with van der Waals surface area (Å²) in [6.07, 6.45) is 2.50. The minimum atomic E-state index is -0.203. The maximum absolute atomic E-state index is 13.2. The Hall–Kier alpha value is -3.35. The number of benzene rings is 2. The molecule has 1 amide bonds.